The van der Waals surface area contributed by atoms with E-state index in [4.69, 9.17) is 17.0 Å². The number of rotatable bonds is 8. The van der Waals surface area contributed by atoms with E-state index in [9.17, 15) is 9.59 Å². The highest BCUT2D eigenvalue weighted by Gasteiger charge is 2.32. The Hall–Kier alpha value is -2.16. The Bertz CT molecular complexity index is 1140. The smallest absolute Gasteiger partial charge is 0.266 e. The van der Waals surface area contributed by atoms with Crippen LogP contribution in [0.2, 0.25) is 0 Å². The zero-order valence-corrected chi connectivity index (χ0v) is 21.0. The van der Waals surface area contributed by atoms with E-state index in [-0.39, 0.29) is 11.5 Å². The first-order chi connectivity index (χ1) is 16.1. The van der Waals surface area contributed by atoms with E-state index in [1.165, 1.54) is 18.2 Å². The number of ether oxygens (including phenoxy) is 1. The van der Waals surface area contributed by atoms with Crippen LogP contribution in [0.3, 0.4) is 0 Å². The molecule has 2 fully saturated rings. The number of nitrogens with zero attached hydrogens (tertiary/aromatic N) is 3. The first-order valence-electron chi connectivity index (χ1n) is 11.8. The molecule has 0 atom stereocenters. The third-order valence-corrected chi connectivity index (χ3v) is 7.57. The van der Waals surface area contributed by atoms with Crippen molar-refractivity contribution in [3.8, 4) is 0 Å². The molecule has 0 spiro atoms. The predicted molar refractivity (Wildman–Crippen MR) is 141 cm³/mol. The number of anilines is 1. The molecule has 4 rings (SSSR count). The van der Waals surface area contributed by atoms with Crippen LogP contribution in [-0.2, 0) is 16.1 Å². The molecule has 1 aromatic carbocycles. The summed E-state index contributed by atoms with van der Waals surface area (Å²) in [7, 11) is 0. The highest BCUT2D eigenvalue weighted by molar-refractivity contribution is 8.26. The normalized spacial score (nSPS) is 18.2. The number of thiocarbonyl (C=S) groups is 1. The Kier molecular flexibility index (Phi) is 7.88. The molecule has 0 unspecified atom stereocenters. The van der Waals surface area contributed by atoms with Gasteiger partial charge in [0.15, 0.2) is 0 Å². The van der Waals surface area contributed by atoms with Crippen LogP contribution < -0.4 is 10.5 Å². The summed E-state index contributed by atoms with van der Waals surface area (Å²) in [4.78, 5) is 31.3. The number of benzene rings is 1. The summed E-state index contributed by atoms with van der Waals surface area (Å²) in [6.07, 6.45) is 5.92. The Morgan fingerprint density at radius 2 is 1.88 bits per heavy atom. The van der Waals surface area contributed by atoms with E-state index >= 15 is 0 Å². The number of carbonyl (C=O) groups is 1. The van der Waals surface area contributed by atoms with E-state index in [0.717, 1.165) is 48.9 Å². The van der Waals surface area contributed by atoms with Gasteiger partial charge in [-0.05, 0) is 51.7 Å². The van der Waals surface area contributed by atoms with Crippen LogP contribution in [0.5, 0.6) is 0 Å². The standard InChI is InChI=1S/C25H31N3O3S2/c1-3-27-20-12-7-6-11-18(20)22(26-13-8-5-9-14-26)19(23(27)29)17-21-24(30)28(25(32)33-21)15-10-16-31-4-2/h6-7,11-12,17H,3-5,8-10,13-16H2,1-2H3. The molecular weight excluding hydrogens is 454 g/mol. The molecule has 8 heteroatoms. The number of pyridine rings is 1. The predicted octanol–water partition coefficient (Wildman–Crippen LogP) is 4.64. The molecule has 176 valence electrons. The Morgan fingerprint density at radius 1 is 1.12 bits per heavy atom. The quantitative estimate of drug-likeness (QED) is 0.309. The number of carbonyl (C=O) groups excluding carboxylic acids is 1. The number of aromatic nitrogens is 1. The second-order valence-corrected chi connectivity index (χ2v) is 9.94. The van der Waals surface area contributed by atoms with Crippen LogP contribution in [0.15, 0.2) is 34.0 Å². The molecule has 1 aromatic heterocycles. The van der Waals surface area contributed by atoms with Crippen molar-refractivity contribution in [1.82, 2.24) is 9.47 Å². The minimum Gasteiger partial charge on any atom is -0.382 e. The second-order valence-electron chi connectivity index (χ2n) is 8.26. The van der Waals surface area contributed by atoms with Gasteiger partial charge < -0.3 is 14.2 Å². The first-order valence-corrected chi connectivity index (χ1v) is 13.0. The van der Waals surface area contributed by atoms with Gasteiger partial charge in [0.1, 0.15) is 4.32 Å². The van der Waals surface area contributed by atoms with Gasteiger partial charge in [0.2, 0.25) is 0 Å². The molecule has 2 aromatic rings. The summed E-state index contributed by atoms with van der Waals surface area (Å²) < 4.78 is 7.74. The SMILES string of the molecule is CCOCCCN1C(=O)C(=Cc2c(N3CCCCC3)c3ccccc3n(CC)c2=O)SC1=S. The maximum atomic E-state index is 13.7. The monoisotopic (exact) mass is 485 g/mol. The van der Waals surface area contributed by atoms with Gasteiger partial charge in [0.05, 0.1) is 21.7 Å². The number of amides is 1. The molecule has 33 heavy (non-hydrogen) atoms. The molecule has 2 saturated heterocycles. The maximum Gasteiger partial charge on any atom is 0.266 e. The summed E-state index contributed by atoms with van der Waals surface area (Å²) in [5.74, 6) is -0.123. The number of hydrogen-bond acceptors (Lipinski definition) is 6. The summed E-state index contributed by atoms with van der Waals surface area (Å²) >= 11 is 6.78. The minimum atomic E-state index is -0.123. The molecule has 3 heterocycles. The average molecular weight is 486 g/mol. The molecule has 1 amide bonds. The molecule has 0 N–H and O–H groups in total. The van der Waals surface area contributed by atoms with Gasteiger partial charge in [-0.2, -0.15) is 0 Å². The lowest BCUT2D eigenvalue weighted by molar-refractivity contribution is -0.122. The Balaban J connectivity index is 1.79. The zero-order chi connectivity index (χ0) is 23.4. The fourth-order valence-corrected chi connectivity index (χ4v) is 5.90. The summed E-state index contributed by atoms with van der Waals surface area (Å²) in [5, 5.41) is 1.05. The van der Waals surface area contributed by atoms with E-state index in [0.29, 0.717) is 41.1 Å². The van der Waals surface area contributed by atoms with Gasteiger partial charge in [-0.1, -0.05) is 42.2 Å². The highest BCUT2D eigenvalue weighted by atomic mass is 32.2. The van der Waals surface area contributed by atoms with Crippen LogP contribution in [0.4, 0.5) is 5.69 Å². The Morgan fingerprint density at radius 3 is 2.61 bits per heavy atom. The number of aryl methyl sites for hydroxylation is 1. The number of thioether (sulfide) groups is 1. The van der Waals surface area contributed by atoms with Crippen LogP contribution in [0, 0.1) is 0 Å². The van der Waals surface area contributed by atoms with Crippen molar-refractivity contribution in [3.63, 3.8) is 0 Å². The topological polar surface area (TPSA) is 54.8 Å². The van der Waals surface area contributed by atoms with Gasteiger partial charge in [-0.25, -0.2) is 0 Å². The summed E-state index contributed by atoms with van der Waals surface area (Å²) in [6, 6.07) is 8.08. The third-order valence-electron chi connectivity index (χ3n) is 6.19. The van der Waals surface area contributed by atoms with E-state index in [1.54, 1.807) is 15.5 Å². The van der Waals surface area contributed by atoms with Gasteiger partial charge >= 0.3 is 0 Å². The molecule has 2 aliphatic heterocycles. The molecular formula is C25H31N3O3S2. The highest BCUT2D eigenvalue weighted by Crippen LogP contribution is 2.37. The summed E-state index contributed by atoms with van der Waals surface area (Å²) in [6.45, 7) is 8.11. The van der Waals surface area contributed by atoms with Crippen molar-refractivity contribution >= 4 is 56.9 Å². The van der Waals surface area contributed by atoms with Gasteiger partial charge in [0.25, 0.3) is 11.5 Å². The number of piperidine rings is 1. The van der Waals surface area contributed by atoms with Gasteiger partial charge in [0, 0.05) is 44.8 Å². The molecule has 0 saturated carbocycles. The second kappa shape index (κ2) is 10.8. The lowest BCUT2D eigenvalue weighted by Gasteiger charge is -2.31. The van der Waals surface area contributed by atoms with E-state index in [1.807, 2.05) is 32.0 Å². The van der Waals surface area contributed by atoms with Crippen LogP contribution in [0.1, 0.15) is 45.1 Å². The maximum absolute atomic E-state index is 13.7. The number of hydrogen-bond donors (Lipinski definition) is 0. The van der Waals surface area contributed by atoms with Crippen LogP contribution in [0.25, 0.3) is 17.0 Å². The molecule has 0 radical (unpaired) electrons. The molecule has 2 aliphatic rings. The molecule has 6 nitrogen and oxygen atoms in total. The van der Waals surface area contributed by atoms with Crippen molar-refractivity contribution in [2.24, 2.45) is 0 Å². The fourth-order valence-electron chi connectivity index (χ4n) is 4.61. The molecule has 0 aliphatic carbocycles. The minimum absolute atomic E-state index is 0.0570. The average Bonchev–Trinajstić information content (AvgIpc) is 3.10. The number of fused-ring (bicyclic) bond motifs is 1. The Labute approximate surface area is 204 Å². The van der Waals surface area contributed by atoms with Crippen molar-refractivity contribution in [2.45, 2.75) is 46.1 Å². The lowest BCUT2D eigenvalue weighted by Crippen LogP contribution is -2.34. The van der Waals surface area contributed by atoms with Crippen molar-refractivity contribution in [1.29, 1.82) is 0 Å². The first kappa shape index (κ1) is 24.0. The van der Waals surface area contributed by atoms with E-state index < -0.39 is 0 Å². The van der Waals surface area contributed by atoms with Gasteiger partial charge in [-0.15, -0.1) is 0 Å². The van der Waals surface area contributed by atoms with Crippen molar-refractivity contribution in [3.05, 3.63) is 45.1 Å². The fraction of sp³-hybridized carbons (Fsp3) is 0.480. The van der Waals surface area contributed by atoms with Gasteiger partial charge in [-0.3, -0.25) is 14.5 Å². The largest absolute Gasteiger partial charge is 0.382 e. The van der Waals surface area contributed by atoms with Crippen LogP contribution in [-0.4, -0.2) is 52.5 Å². The van der Waals surface area contributed by atoms with Crippen molar-refractivity contribution in [2.75, 3.05) is 37.7 Å². The van der Waals surface area contributed by atoms with Crippen LogP contribution >= 0.6 is 24.0 Å². The zero-order valence-electron chi connectivity index (χ0n) is 19.3. The van der Waals surface area contributed by atoms with Crippen molar-refractivity contribution < 1.29 is 9.53 Å². The number of para-hydroxylation sites is 1. The summed E-state index contributed by atoms with van der Waals surface area (Å²) in [5.41, 5.74) is 2.42. The molecule has 0 bridgehead atoms. The van der Waals surface area contributed by atoms with E-state index in [2.05, 4.69) is 11.0 Å². The lowest BCUT2D eigenvalue weighted by atomic mass is 10.0. The third kappa shape index (κ3) is 4.88.